The highest BCUT2D eigenvalue weighted by Crippen LogP contribution is 2.43. The van der Waals surface area contributed by atoms with Gasteiger partial charge in [0.25, 0.3) is 0 Å². The molecule has 2 N–H and O–H groups in total. The largest absolute Gasteiger partial charge is 0.439 e. The fraction of sp³-hybridized carbons (Fsp3) is 0.158. The number of benzene rings is 2. The summed E-state index contributed by atoms with van der Waals surface area (Å²) in [5, 5.41) is 9.52. The number of Topliss-reactive ketones (excluding diaryl/α,β-unsaturated/α-hetero) is 1. The molecule has 114 valence electrons. The third-order valence-electron chi connectivity index (χ3n) is 4.03. The lowest BCUT2D eigenvalue weighted by Crippen LogP contribution is -2.22. The van der Waals surface area contributed by atoms with Gasteiger partial charge in [-0.2, -0.15) is 5.26 Å². The van der Waals surface area contributed by atoms with Crippen molar-refractivity contribution < 1.29 is 9.53 Å². The fourth-order valence-electron chi connectivity index (χ4n) is 2.86. The molecule has 4 heteroatoms. The summed E-state index contributed by atoms with van der Waals surface area (Å²) in [6.45, 7) is 3.49. The van der Waals surface area contributed by atoms with Gasteiger partial charge in [0.15, 0.2) is 5.78 Å². The monoisotopic (exact) mass is 304 g/mol. The molecule has 0 radical (unpaired) electrons. The van der Waals surface area contributed by atoms with Crippen molar-refractivity contribution in [1.29, 1.82) is 5.26 Å². The van der Waals surface area contributed by atoms with Crippen molar-refractivity contribution in [2.75, 3.05) is 0 Å². The first-order chi connectivity index (χ1) is 11.0. The Morgan fingerprint density at radius 1 is 1.22 bits per heavy atom. The molecule has 23 heavy (non-hydrogen) atoms. The molecule has 0 fully saturated rings. The lowest BCUT2D eigenvalue weighted by molar-refractivity contribution is 0.101. The van der Waals surface area contributed by atoms with Crippen molar-refractivity contribution in [2.45, 2.75) is 19.8 Å². The zero-order valence-electron chi connectivity index (χ0n) is 13.0. The van der Waals surface area contributed by atoms with Gasteiger partial charge >= 0.3 is 0 Å². The number of carbonyl (C=O) groups excluding carboxylic acids is 1. The van der Waals surface area contributed by atoms with Crippen LogP contribution >= 0.6 is 0 Å². The van der Waals surface area contributed by atoms with Crippen molar-refractivity contribution in [1.82, 2.24) is 0 Å². The summed E-state index contributed by atoms with van der Waals surface area (Å²) in [5.41, 5.74) is 9.65. The predicted molar refractivity (Wildman–Crippen MR) is 86.9 cm³/mol. The summed E-state index contributed by atoms with van der Waals surface area (Å²) in [5.74, 6) is 0.0720. The number of nitriles is 1. The maximum Gasteiger partial charge on any atom is 0.205 e. The van der Waals surface area contributed by atoms with E-state index in [0.29, 0.717) is 16.9 Å². The minimum atomic E-state index is -0.330. The quantitative estimate of drug-likeness (QED) is 0.863. The van der Waals surface area contributed by atoms with Gasteiger partial charge < -0.3 is 10.5 Å². The van der Waals surface area contributed by atoms with Gasteiger partial charge in [-0.15, -0.1) is 0 Å². The van der Waals surface area contributed by atoms with Crippen molar-refractivity contribution in [3.63, 3.8) is 0 Å². The van der Waals surface area contributed by atoms with Crippen LogP contribution in [-0.4, -0.2) is 5.78 Å². The molecule has 3 rings (SSSR count). The Kier molecular flexibility index (Phi) is 3.63. The number of hydrogen-bond donors (Lipinski definition) is 1. The van der Waals surface area contributed by atoms with Crippen LogP contribution in [0, 0.1) is 18.3 Å². The van der Waals surface area contributed by atoms with Crippen molar-refractivity contribution >= 4 is 5.78 Å². The van der Waals surface area contributed by atoms with E-state index in [9.17, 15) is 10.1 Å². The topological polar surface area (TPSA) is 76.1 Å². The number of hydrogen-bond acceptors (Lipinski definition) is 4. The van der Waals surface area contributed by atoms with Gasteiger partial charge in [0.2, 0.25) is 5.88 Å². The van der Waals surface area contributed by atoms with E-state index in [4.69, 9.17) is 10.5 Å². The number of aryl methyl sites for hydroxylation is 1. The summed E-state index contributed by atoms with van der Waals surface area (Å²) in [4.78, 5) is 11.9. The van der Waals surface area contributed by atoms with E-state index in [0.717, 1.165) is 16.7 Å². The van der Waals surface area contributed by atoms with E-state index < -0.39 is 0 Å². The van der Waals surface area contributed by atoms with Crippen LogP contribution in [0.2, 0.25) is 0 Å². The highest BCUT2D eigenvalue weighted by atomic mass is 16.5. The van der Waals surface area contributed by atoms with E-state index in [1.54, 1.807) is 12.1 Å². The average Bonchev–Trinajstić information content (AvgIpc) is 2.53. The number of nitrogens with two attached hydrogens (primary N) is 1. The first-order valence-corrected chi connectivity index (χ1v) is 7.31. The van der Waals surface area contributed by atoms with Gasteiger partial charge in [0.05, 0.1) is 11.5 Å². The molecule has 4 nitrogen and oxygen atoms in total. The molecular formula is C19H16N2O2. The number of para-hydroxylation sites is 1. The minimum Gasteiger partial charge on any atom is -0.439 e. The van der Waals surface area contributed by atoms with Gasteiger partial charge in [0, 0.05) is 5.56 Å². The van der Waals surface area contributed by atoms with Crippen LogP contribution in [0.3, 0.4) is 0 Å². The average molecular weight is 304 g/mol. The van der Waals surface area contributed by atoms with Crippen LogP contribution in [0.4, 0.5) is 0 Å². The second kappa shape index (κ2) is 5.62. The summed E-state index contributed by atoms with van der Waals surface area (Å²) < 4.78 is 5.62. The number of ether oxygens (including phenoxy) is 1. The highest BCUT2D eigenvalue weighted by molar-refractivity contribution is 5.97. The molecular weight excluding hydrogens is 288 g/mol. The molecule has 1 aliphatic heterocycles. The minimum absolute atomic E-state index is 0.0549. The van der Waals surface area contributed by atoms with Crippen LogP contribution in [-0.2, 0) is 0 Å². The molecule has 0 aromatic heterocycles. The van der Waals surface area contributed by atoms with Gasteiger partial charge in [-0.3, -0.25) is 4.79 Å². The van der Waals surface area contributed by atoms with Crippen LogP contribution < -0.4 is 10.5 Å². The summed E-state index contributed by atoms with van der Waals surface area (Å²) in [7, 11) is 0. The Hall–Kier alpha value is -3.06. The van der Waals surface area contributed by atoms with E-state index in [1.807, 2.05) is 37.3 Å². The highest BCUT2D eigenvalue weighted by Gasteiger charge is 2.32. The number of fused-ring (bicyclic) bond motifs is 1. The standard InChI is InChI=1S/C19H16N2O2/c1-11-6-8-13(9-7-11)17-15-5-3-4-14(12(2)22)18(15)23-19(21)16(17)10-20/h3-9,17H,21H2,1-2H3. The van der Waals surface area contributed by atoms with Crippen molar-refractivity contribution in [2.24, 2.45) is 5.73 Å². The van der Waals surface area contributed by atoms with Gasteiger partial charge in [-0.05, 0) is 25.5 Å². The molecule has 0 bridgehead atoms. The molecule has 1 unspecified atom stereocenters. The predicted octanol–water partition coefficient (Wildman–Crippen LogP) is 3.42. The first-order valence-electron chi connectivity index (χ1n) is 7.31. The van der Waals surface area contributed by atoms with E-state index in [-0.39, 0.29) is 17.6 Å². The molecule has 2 aromatic rings. The summed E-state index contributed by atoms with van der Waals surface area (Å²) in [6, 6.07) is 15.5. The second-order valence-corrected chi connectivity index (χ2v) is 5.62. The van der Waals surface area contributed by atoms with Crippen molar-refractivity contribution in [3.05, 3.63) is 76.2 Å². The van der Waals surface area contributed by atoms with Gasteiger partial charge in [-0.1, -0.05) is 42.0 Å². The van der Waals surface area contributed by atoms with Gasteiger partial charge in [0.1, 0.15) is 17.4 Å². The Labute approximate surface area is 134 Å². The number of nitrogens with zero attached hydrogens (tertiary/aromatic N) is 1. The van der Waals surface area contributed by atoms with E-state index in [2.05, 4.69) is 6.07 Å². The summed E-state index contributed by atoms with van der Waals surface area (Å²) in [6.07, 6.45) is 0. The maximum absolute atomic E-state index is 11.9. The molecule has 0 amide bonds. The fourth-order valence-corrected chi connectivity index (χ4v) is 2.86. The molecule has 1 atom stereocenters. The summed E-state index contributed by atoms with van der Waals surface area (Å²) >= 11 is 0. The zero-order chi connectivity index (χ0) is 16.6. The Bertz CT molecular complexity index is 858. The number of ketones is 1. The third kappa shape index (κ3) is 2.47. The smallest absolute Gasteiger partial charge is 0.205 e. The normalized spacial score (nSPS) is 16.3. The van der Waals surface area contributed by atoms with Crippen LogP contribution in [0.1, 0.15) is 39.9 Å². The lowest BCUT2D eigenvalue weighted by Gasteiger charge is -2.27. The second-order valence-electron chi connectivity index (χ2n) is 5.62. The maximum atomic E-state index is 11.9. The molecule has 0 saturated carbocycles. The SMILES string of the molecule is CC(=O)c1cccc2c1OC(N)=C(C#N)C2c1ccc(C)cc1. The molecule has 0 aliphatic carbocycles. The zero-order valence-corrected chi connectivity index (χ0v) is 13.0. The molecule has 0 saturated heterocycles. The number of allylic oxidation sites excluding steroid dienone is 1. The third-order valence-corrected chi connectivity index (χ3v) is 4.03. The van der Waals surface area contributed by atoms with Crippen LogP contribution in [0.15, 0.2) is 53.9 Å². The lowest BCUT2D eigenvalue weighted by atomic mass is 9.82. The van der Waals surface area contributed by atoms with Crippen LogP contribution in [0.5, 0.6) is 5.75 Å². The molecule has 2 aromatic carbocycles. The first kappa shape index (κ1) is 14.9. The van der Waals surface area contributed by atoms with Gasteiger partial charge in [-0.25, -0.2) is 0 Å². The number of carbonyl (C=O) groups is 1. The Morgan fingerprint density at radius 3 is 2.52 bits per heavy atom. The molecule has 0 spiro atoms. The number of rotatable bonds is 2. The molecule has 1 heterocycles. The van der Waals surface area contributed by atoms with Crippen LogP contribution in [0.25, 0.3) is 0 Å². The Morgan fingerprint density at radius 2 is 1.91 bits per heavy atom. The Balaban J connectivity index is 2.26. The molecule has 1 aliphatic rings. The van der Waals surface area contributed by atoms with E-state index >= 15 is 0 Å². The van der Waals surface area contributed by atoms with Crippen molar-refractivity contribution in [3.8, 4) is 11.8 Å². The van der Waals surface area contributed by atoms with E-state index in [1.165, 1.54) is 6.92 Å².